The van der Waals surface area contributed by atoms with E-state index in [1.165, 1.54) is 6.08 Å². The van der Waals surface area contributed by atoms with Gasteiger partial charge in [0, 0.05) is 36.5 Å². The molecule has 9 heteroatoms. The first-order valence-corrected chi connectivity index (χ1v) is 11.1. The van der Waals surface area contributed by atoms with Gasteiger partial charge in [0.05, 0.1) is 23.2 Å². The number of unbranched alkanes of at least 4 members (excludes halogenated alkanes) is 2. The van der Waals surface area contributed by atoms with Crippen LogP contribution in [0, 0.1) is 6.92 Å². The minimum atomic E-state index is -3.63. The van der Waals surface area contributed by atoms with Crippen molar-refractivity contribution in [3.8, 4) is 5.82 Å². The van der Waals surface area contributed by atoms with E-state index in [0.29, 0.717) is 6.42 Å². The third kappa shape index (κ3) is 4.73. The highest BCUT2D eigenvalue weighted by Gasteiger charge is 2.16. The molecule has 0 saturated carbocycles. The second kappa shape index (κ2) is 8.60. The second-order valence-corrected chi connectivity index (χ2v) is 8.73. The van der Waals surface area contributed by atoms with Crippen molar-refractivity contribution in [1.82, 2.24) is 24.1 Å². The summed E-state index contributed by atoms with van der Waals surface area (Å²) in [7, 11) is -1.81. The van der Waals surface area contributed by atoms with E-state index in [4.69, 9.17) is 0 Å². The Balaban J connectivity index is 1.86. The fourth-order valence-electron chi connectivity index (χ4n) is 3.24. The molecule has 154 valence electrons. The summed E-state index contributed by atoms with van der Waals surface area (Å²) < 4.78 is 29.8. The Morgan fingerprint density at radius 1 is 1.28 bits per heavy atom. The molecular weight excluding hydrogens is 390 g/mol. The van der Waals surface area contributed by atoms with Crippen molar-refractivity contribution >= 4 is 32.9 Å². The highest BCUT2D eigenvalue weighted by Crippen LogP contribution is 2.24. The van der Waals surface area contributed by atoms with E-state index in [0.717, 1.165) is 40.8 Å². The van der Waals surface area contributed by atoms with Crippen molar-refractivity contribution < 1.29 is 13.2 Å². The zero-order valence-corrected chi connectivity index (χ0v) is 17.6. The average Bonchev–Trinajstić information content (AvgIpc) is 3.19. The highest BCUT2D eigenvalue weighted by atomic mass is 32.2. The predicted molar refractivity (Wildman–Crippen MR) is 113 cm³/mol. The molecule has 1 amide bonds. The second-order valence-electron chi connectivity index (χ2n) is 6.89. The molecule has 0 saturated heterocycles. The molecule has 1 N–H and O–H groups in total. The lowest BCUT2D eigenvalue weighted by Gasteiger charge is -2.08. The molecule has 29 heavy (non-hydrogen) atoms. The van der Waals surface area contributed by atoms with Crippen LogP contribution in [-0.2, 0) is 21.9 Å². The molecule has 0 bridgehead atoms. The Kier molecular flexibility index (Phi) is 6.17. The maximum absolute atomic E-state index is 12.2. The van der Waals surface area contributed by atoms with Gasteiger partial charge >= 0.3 is 0 Å². The van der Waals surface area contributed by atoms with Crippen LogP contribution < -0.4 is 4.72 Å². The summed E-state index contributed by atoms with van der Waals surface area (Å²) in [5.41, 5.74) is 2.36. The van der Waals surface area contributed by atoms with Crippen molar-refractivity contribution in [2.24, 2.45) is 7.05 Å². The predicted octanol–water partition coefficient (Wildman–Crippen LogP) is 2.72. The fraction of sp³-hybridized carbons (Fsp3) is 0.350. The van der Waals surface area contributed by atoms with E-state index < -0.39 is 15.9 Å². The van der Waals surface area contributed by atoms with Crippen LogP contribution in [0.5, 0.6) is 0 Å². The van der Waals surface area contributed by atoms with Crippen LogP contribution in [0.15, 0.2) is 36.8 Å². The van der Waals surface area contributed by atoms with Gasteiger partial charge < -0.3 is 0 Å². The van der Waals surface area contributed by atoms with E-state index in [-0.39, 0.29) is 5.75 Å². The van der Waals surface area contributed by atoms with Gasteiger partial charge in [0.1, 0.15) is 5.82 Å². The third-order valence-electron chi connectivity index (χ3n) is 4.63. The molecule has 0 aliphatic heterocycles. The Morgan fingerprint density at radius 3 is 2.83 bits per heavy atom. The molecule has 0 fully saturated rings. The molecule has 0 radical (unpaired) electrons. The highest BCUT2D eigenvalue weighted by molar-refractivity contribution is 7.90. The van der Waals surface area contributed by atoms with Crippen LogP contribution in [0.3, 0.4) is 0 Å². The number of nitrogens with one attached hydrogen (secondary N) is 1. The number of aryl methyl sites for hydroxylation is 2. The first-order chi connectivity index (χ1) is 13.8. The molecule has 0 aliphatic carbocycles. The lowest BCUT2D eigenvalue weighted by molar-refractivity contribution is -0.114. The number of pyridine rings is 1. The Morgan fingerprint density at radius 2 is 2.07 bits per heavy atom. The fourth-order valence-corrected chi connectivity index (χ4v) is 4.30. The lowest BCUT2D eigenvalue weighted by Crippen LogP contribution is -2.31. The van der Waals surface area contributed by atoms with Crippen molar-refractivity contribution in [3.05, 3.63) is 48.1 Å². The number of aromatic nitrogens is 4. The smallest absolute Gasteiger partial charge is 0.257 e. The molecule has 3 heterocycles. The van der Waals surface area contributed by atoms with Crippen molar-refractivity contribution in [3.63, 3.8) is 0 Å². The van der Waals surface area contributed by atoms with E-state index in [1.54, 1.807) is 23.2 Å². The molecule has 0 spiro atoms. The van der Waals surface area contributed by atoms with E-state index in [2.05, 4.69) is 14.8 Å². The topological polar surface area (TPSA) is 98.9 Å². The Hall–Kier alpha value is -2.94. The standard InChI is InChI=1S/C20H25N5O3S/c1-4-5-6-13-29(27,28)23-19(26)8-7-17-15(2)22-24(3)20(17)25-12-10-16-9-11-21-14-18(16)25/h7-12,14H,4-6,13H2,1-3H3,(H,23,26). The summed E-state index contributed by atoms with van der Waals surface area (Å²) in [5.74, 6) is 0.0371. The third-order valence-corrected chi connectivity index (χ3v) is 5.97. The maximum Gasteiger partial charge on any atom is 0.257 e. The monoisotopic (exact) mass is 415 g/mol. The van der Waals surface area contributed by atoms with Crippen LogP contribution in [0.1, 0.15) is 37.4 Å². The first kappa shape index (κ1) is 20.8. The van der Waals surface area contributed by atoms with Crippen molar-refractivity contribution in [1.29, 1.82) is 0 Å². The summed E-state index contributed by atoms with van der Waals surface area (Å²) in [6, 6.07) is 3.89. The minimum Gasteiger partial charge on any atom is -0.299 e. The van der Waals surface area contributed by atoms with Gasteiger partial charge in [-0.1, -0.05) is 19.8 Å². The molecule has 0 aromatic carbocycles. The lowest BCUT2D eigenvalue weighted by atomic mass is 10.2. The number of hydrogen-bond acceptors (Lipinski definition) is 5. The normalized spacial score (nSPS) is 12.1. The van der Waals surface area contributed by atoms with E-state index in [9.17, 15) is 13.2 Å². The van der Waals surface area contributed by atoms with Crippen molar-refractivity contribution in [2.45, 2.75) is 33.1 Å². The molecule has 3 aromatic rings. The van der Waals surface area contributed by atoms with Crippen LogP contribution in [-0.4, -0.2) is 39.4 Å². The molecule has 8 nitrogen and oxygen atoms in total. The summed E-state index contributed by atoms with van der Waals surface area (Å²) >= 11 is 0. The number of fused-ring (bicyclic) bond motifs is 1. The van der Waals surface area contributed by atoms with Crippen LogP contribution in [0.2, 0.25) is 0 Å². The van der Waals surface area contributed by atoms with Gasteiger partial charge in [0.2, 0.25) is 10.0 Å². The van der Waals surface area contributed by atoms with E-state index >= 15 is 0 Å². The molecule has 0 unspecified atom stereocenters. The zero-order valence-electron chi connectivity index (χ0n) is 16.8. The number of nitrogens with zero attached hydrogens (tertiary/aromatic N) is 4. The van der Waals surface area contributed by atoms with Gasteiger partial charge in [-0.3, -0.25) is 19.0 Å². The van der Waals surface area contributed by atoms with Crippen LogP contribution in [0.4, 0.5) is 0 Å². The maximum atomic E-state index is 12.2. The quantitative estimate of drug-likeness (QED) is 0.450. The Bertz CT molecular complexity index is 1160. The van der Waals surface area contributed by atoms with Crippen molar-refractivity contribution in [2.75, 3.05) is 5.75 Å². The van der Waals surface area contributed by atoms with Gasteiger partial charge in [-0.2, -0.15) is 5.10 Å². The largest absolute Gasteiger partial charge is 0.299 e. The Labute approximate surface area is 170 Å². The number of hydrogen-bond donors (Lipinski definition) is 1. The summed E-state index contributed by atoms with van der Waals surface area (Å²) in [5, 5.41) is 5.48. The first-order valence-electron chi connectivity index (χ1n) is 9.50. The average molecular weight is 416 g/mol. The number of amides is 1. The van der Waals surface area contributed by atoms with E-state index in [1.807, 2.05) is 43.8 Å². The number of carbonyl (C=O) groups excluding carboxylic acids is 1. The molecule has 0 atom stereocenters. The van der Waals surface area contributed by atoms with Gasteiger partial charge in [0.15, 0.2) is 0 Å². The van der Waals surface area contributed by atoms with Gasteiger partial charge in [-0.15, -0.1) is 0 Å². The summed E-state index contributed by atoms with van der Waals surface area (Å²) in [6.07, 6.45) is 10.5. The number of sulfonamides is 1. The van der Waals surface area contributed by atoms with Crippen LogP contribution in [0.25, 0.3) is 22.8 Å². The summed E-state index contributed by atoms with van der Waals surface area (Å²) in [6.45, 7) is 3.83. The van der Waals surface area contributed by atoms with Gasteiger partial charge in [-0.05, 0) is 31.6 Å². The molecule has 3 rings (SSSR count). The number of carbonyl (C=O) groups is 1. The minimum absolute atomic E-state index is 0.0556. The summed E-state index contributed by atoms with van der Waals surface area (Å²) in [4.78, 5) is 16.4. The molecule has 3 aromatic heterocycles. The zero-order chi connectivity index (χ0) is 21.0. The SMILES string of the molecule is CCCCCS(=O)(=O)NC(=O)C=Cc1c(C)nn(C)c1-n1ccc2ccncc21. The van der Waals surface area contributed by atoms with Crippen LogP contribution >= 0.6 is 0 Å². The molecule has 0 aliphatic rings. The van der Waals surface area contributed by atoms with Gasteiger partial charge in [-0.25, -0.2) is 13.1 Å². The van der Waals surface area contributed by atoms with Gasteiger partial charge in [0.25, 0.3) is 5.91 Å². The molecular formula is C20H25N5O3S. The number of rotatable bonds is 8.